The maximum Gasteiger partial charge on any atom is 0.249 e. The molecule has 3 unspecified atom stereocenters. The summed E-state index contributed by atoms with van der Waals surface area (Å²) in [7, 11) is 0. The molecule has 1 saturated heterocycles. The van der Waals surface area contributed by atoms with Crippen molar-refractivity contribution < 1.29 is 9.59 Å². The molecule has 2 fully saturated rings. The lowest BCUT2D eigenvalue weighted by Crippen LogP contribution is -2.73. The maximum atomic E-state index is 13.2. The summed E-state index contributed by atoms with van der Waals surface area (Å²) in [5.74, 6) is 0.441. The van der Waals surface area contributed by atoms with E-state index in [-0.39, 0.29) is 29.3 Å². The van der Waals surface area contributed by atoms with Gasteiger partial charge in [0.2, 0.25) is 11.8 Å². The van der Waals surface area contributed by atoms with E-state index in [1.54, 1.807) is 0 Å². The molecule has 0 bridgehead atoms. The quantitative estimate of drug-likeness (QED) is 0.866. The molecule has 120 valence electrons. The van der Waals surface area contributed by atoms with Gasteiger partial charge < -0.3 is 10.2 Å². The molecule has 21 heavy (non-hydrogen) atoms. The number of carbonyl (C=O) groups excluding carboxylic acids is 2. The highest BCUT2D eigenvalue weighted by Crippen LogP contribution is 2.44. The van der Waals surface area contributed by atoms with Crippen LogP contribution in [-0.2, 0) is 9.59 Å². The fourth-order valence-corrected chi connectivity index (χ4v) is 3.65. The third-order valence-corrected chi connectivity index (χ3v) is 4.98. The normalized spacial score (nSPS) is 32.1. The van der Waals surface area contributed by atoms with Crippen LogP contribution in [-0.4, -0.2) is 34.3 Å². The first-order valence-corrected chi connectivity index (χ1v) is 8.27. The molecule has 2 aliphatic rings. The third-order valence-electron chi connectivity index (χ3n) is 4.98. The van der Waals surface area contributed by atoms with E-state index in [0.717, 1.165) is 25.7 Å². The van der Waals surface area contributed by atoms with Crippen LogP contribution in [0.3, 0.4) is 0 Å². The van der Waals surface area contributed by atoms with Gasteiger partial charge in [0.25, 0.3) is 0 Å². The molecule has 4 heteroatoms. The Kier molecular flexibility index (Phi) is 4.11. The first-order chi connectivity index (χ1) is 9.63. The van der Waals surface area contributed by atoms with Crippen LogP contribution in [0.4, 0.5) is 0 Å². The van der Waals surface area contributed by atoms with Crippen LogP contribution in [0.25, 0.3) is 0 Å². The van der Waals surface area contributed by atoms with Crippen molar-refractivity contribution in [3.63, 3.8) is 0 Å². The number of hydrogen-bond acceptors (Lipinski definition) is 2. The third kappa shape index (κ3) is 2.82. The maximum absolute atomic E-state index is 13.2. The van der Waals surface area contributed by atoms with Gasteiger partial charge >= 0.3 is 0 Å². The molecule has 0 aromatic carbocycles. The molecule has 2 amide bonds. The van der Waals surface area contributed by atoms with E-state index in [1.165, 1.54) is 0 Å². The van der Waals surface area contributed by atoms with Gasteiger partial charge in [-0.2, -0.15) is 0 Å². The standard InChI is InChI=1S/C17H30N2O2/c1-7-8-11(2)19-13(16(3,4)5)14(20)18-17(6,15(19)21)12-9-10-12/h11-13H,7-10H2,1-6H3,(H,18,20). The number of piperazine rings is 1. The minimum atomic E-state index is -0.694. The number of nitrogens with one attached hydrogen (secondary N) is 1. The van der Waals surface area contributed by atoms with Crippen molar-refractivity contribution in [1.29, 1.82) is 0 Å². The van der Waals surface area contributed by atoms with E-state index >= 15 is 0 Å². The number of carbonyl (C=O) groups is 2. The van der Waals surface area contributed by atoms with Gasteiger partial charge in [0.15, 0.2) is 0 Å². The molecule has 3 atom stereocenters. The van der Waals surface area contributed by atoms with Crippen molar-refractivity contribution in [3.05, 3.63) is 0 Å². The van der Waals surface area contributed by atoms with E-state index in [1.807, 2.05) is 32.6 Å². The monoisotopic (exact) mass is 294 g/mol. The fourth-order valence-electron chi connectivity index (χ4n) is 3.65. The number of amides is 2. The number of hydrogen-bond donors (Lipinski definition) is 1. The highest BCUT2D eigenvalue weighted by Gasteiger charge is 2.57. The molecule has 0 spiro atoms. The molecular weight excluding hydrogens is 264 g/mol. The summed E-state index contributed by atoms with van der Waals surface area (Å²) in [6, 6.07) is -0.269. The van der Waals surface area contributed by atoms with Gasteiger partial charge in [-0.1, -0.05) is 34.1 Å². The van der Waals surface area contributed by atoms with Crippen molar-refractivity contribution in [3.8, 4) is 0 Å². The lowest BCUT2D eigenvalue weighted by Gasteiger charge is -2.51. The van der Waals surface area contributed by atoms with Gasteiger partial charge in [-0.3, -0.25) is 9.59 Å². The molecular formula is C17H30N2O2. The van der Waals surface area contributed by atoms with Gasteiger partial charge in [-0.05, 0) is 44.4 Å². The molecule has 1 aliphatic carbocycles. The average molecular weight is 294 g/mol. The van der Waals surface area contributed by atoms with E-state index in [4.69, 9.17) is 0 Å². The Hall–Kier alpha value is -1.06. The zero-order valence-electron chi connectivity index (χ0n) is 14.3. The number of rotatable bonds is 4. The van der Waals surface area contributed by atoms with Gasteiger partial charge in [-0.15, -0.1) is 0 Å². The van der Waals surface area contributed by atoms with Gasteiger partial charge in [0.1, 0.15) is 11.6 Å². The van der Waals surface area contributed by atoms with Crippen LogP contribution >= 0.6 is 0 Å². The lowest BCUT2D eigenvalue weighted by molar-refractivity contribution is -0.163. The highest BCUT2D eigenvalue weighted by atomic mass is 16.2. The minimum Gasteiger partial charge on any atom is -0.340 e. The smallest absolute Gasteiger partial charge is 0.249 e. The molecule has 1 saturated carbocycles. The molecule has 0 aromatic heterocycles. The molecule has 0 radical (unpaired) electrons. The van der Waals surface area contributed by atoms with Crippen molar-refractivity contribution in [2.75, 3.05) is 0 Å². The van der Waals surface area contributed by atoms with Crippen LogP contribution in [0.5, 0.6) is 0 Å². The Bertz CT molecular complexity index is 437. The summed E-state index contributed by atoms with van der Waals surface area (Å²) in [4.78, 5) is 27.8. The first kappa shape index (κ1) is 16.3. The van der Waals surface area contributed by atoms with E-state index in [9.17, 15) is 9.59 Å². The van der Waals surface area contributed by atoms with Crippen molar-refractivity contribution in [1.82, 2.24) is 10.2 Å². The zero-order chi connectivity index (χ0) is 16.0. The summed E-state index contributed by atoms with van der Waals surface area (Å²) in [6.07, 6.45) is 4.04. The Morgan fingerprint density at radius 2 is 1.90 bits per heavy atom. The summed E-state index contributed by atoms with van der Waals surface area (Å²) in [6.45, 7) is 12.2. The lowest BCUT2D eigenvalue weighted by atomic mass is 9.78. The van der Waals surface area contributed by atoms with E-state index in [0.29, 0.717) is 5.92 Å². The highest BCUT2D eigenvalue weighted by molar-refractivity contribution is 6.00. The SMILES string of the molecule is CCCC(C)N1C(=O)C(C)(C2CC2)NC(=O)C1C(C)(C)C. The molecule has 1 aliphatic heterocycles. The summed E-state index contributed by atoms with van der Waals surface area (Å²) < 4.78 is 0. The topological polar surface area (TPSA) is 49.4 Å². The van der Waals surface area contributed by atoms with Crippen LogP contribution < -0.4 is 5.32 Å². The van der Waals surface area contributed by atoms with Crippen molar-refractivity contribution >= 4 is 11.8 Å². The van der Waals surface area contributed by atoms with Crippen LogP contribution in [0.2, 0.25) is 0 Å². The van der Waals surface area contributed by atoms with Crippen LogP contribution in [0, 0.1) is 11.3 Å². The van der Waals surface area contributed by atoms with E-state index in [2.05, 4.69) is 19.2 Å². The fraction of sp³-hybridized carbons (Fsp3) is 0.882. The first-order valence-electron chi connectivity index (χ1n) is 8.27. The van der Waals surface area contributed by atoms with Gasteiger partial charge in [0, 0.05) is 6.04 Å². The second kappa shape index (κ2) is 5.29. The van der Waals surface area contributed by atoms with Crippen LogP contribution in [0.1, 0.15) is 67.2 Å². The molecule has 1 heterocycles. The van der Waals surface area contributed by atoms with E-state index < -0.39 is 5.54 Å². The zero-order valence-corrected chi connectivity index (χ0v) is 14.3. The molecule has 0 aromatic rings. The largest absolute Gasteiger partial charge is 0.340 e. The summed E-state index contributed by atoms with van der Waals surface area (Å²) >= 11 is 0. The van der Waals surface area contributed by atoms with Gasteiger partial charge in [-0.25, -0.2) is 0 Å². The van der Waals surface area contributed by atoms with Crippen LogP contribution in [0.15, 0.2) is 0 Å². The summed E-state index contributed by atoms with van der Waals surface area (Å²) in [5, 5.41) is 3.06. The Balaban J connectivity index is 2.39. The molecule has 2 rings (SSSR count). The summed E-state index contributed by atoms with van der Waals surface area (Å²) in [5.41, 5.74) is -0.951. The Labute approximate surface area is 128 Å². The van der Waals surface area contributed by atoms with Crippen molar-refractivity contribution in [2.24, 2.45) is 11.3 Å². The average Bonchev–Trinajstić information content (AvgIpc) is 3.16. The second-order valence-corrected chi connectivity index (χ2v) is 8.08. The second-order valence-electron chi connectivity index (χ2n) is 8.08. The Morgan fingerprint density at radius 1 is 1.33 bits per heavy atom. The number of nitrogens with zero attached hydrogens (tertiary/aromatic N) is 1. The molecule has 1 N–H and O–H groups in total. The molecule has 4 nitrogen and oxygen atoms in total. The Morgan fingerprint density at radius 3 is 2.33 bits per heavy atom. The predicted molar refractivity (Wildman–Crippen MR) is 83.7 cm³/mol. The minimum absolute atomic E-state index is 0.0134. The van der Waals surface area contributed by atoms with Crippen molar-refractivity contribution in [2.45, 2.75) is 84.8 Å². The predicted octanol–water partition coefficient (Wildman–Crippen LogP) is 2.72. The van der Waals surface area contributed by atoms with Gasteiger partial charge in [0.05, 0.1) is 0 Å².